The molecule has 0 aliphatic rings. The van der Waals surface area contributed by atoms with Crippen LogP contribution in [0.5, 0.6) is 0 Å². The minimum atomic E-state index is -0.995. The fourth-order valence-electron chi connectivity index (χ4n) is 1.08. The Balaban J connectivity index is 2.74. The van der Waals surface area contributed by atoms with Gasteiger partial charge in [-0.05, 0) is 18.2 Å². The van der Waals surface area contributed by atoms with Gasteiger partial charge in [0.2, 0.25) is 0 Å². The average Bonchev–Trinajstić information content (AvgIpc) is 2.18. The summed E-state index contributed by atoms with van der Waals surface area (Å²) >= 11 is 5.68. The van der Waals surface area contributed by atoms with Crippen molar-refractivity contribution in [2.75, 3.05) is 5.73 Å². The Labute approximate surface area is 91.7 Å². The number of ketones is 1. The first-order valence-electron chi connectivity index (χ1n) is 4.30. The van der Waals surface area contributed by atoms with E-state index in [4.69, 9.17) is 22.4 Å². The second kappa shape index (κ2) is 4.79. The third kappa shape index (κ3) is 3.25. The van der Waals surface area contributed by atoms with E-state index in [0.29, 0.717) is 16.3 Å². The van der Waals surface area contributed by atoms with Gasteiger partial charge in [-0.1, -0.05) is 11.6 Å². The molecule has 0 saturated carbocycles. The Hall–Kier alpha value is -1.55. The minimum absolute atomic E-state index is 0.0313. The predicted molar refractivity (Wildman–Crippen MR) is 57.1 cm³/mol. The second-order valence-electron chi connectivity index (χ2n) is 3.05. The quantitative estimate of drug-likeness (QED) is 0.609. The van der Waals surface area contributed by atoms with Crippen molar-refractivity contribution in [1.82, 2.24) is 0 Å². The van der Waals surface area contributed by atoms with Gasteiger partial charge >= 0.3 is 5.97 Å². The van der Waals surface area contributed by atoms with Crippen LogP contribution < -0.4 is 5.73 Å². The molecule has 0 heterocycles. The molecule has 5 heteroatoms. The molecule has 80 valence electrons. The van der Waals surface area contributed by atoms with Gasteiger partial charge in [0.05, 0.1) is 17.1 Å². The number of nitrogens with two attached hydrogens (primary N) is 1. The number of halogens is 1. The number of aliphatic carboxylic acids is 1. The Morgan fingerprint density at radius 1 is 1.33 bits per heavy atom. The molecule has 15 heavy (non-hydrogen) atoms. The minimum Gasteiger partial charge on any atom is -0.481 e. The summed E-state index contributed by atoms with van der Waals surface area (Å²) in [5.74, 6) is -1.24. The summed E-state index contributed by atoms with van der Waals surface area (Å²) in [5.41, 5.74) is 6.22. The van der Waals surface area contributed by atoms with Crippen molar-refractivity contribution in [3.8, 4) is 0 Å². The number of carbonyl (C=O) groups excluding carboxylic acids is 1. The SMILES string of the molecule is Nc1cc(C(=O)CCC(=O)O)ccc1Cl. The predicted octanol–water partition coefficient (Wildman–Crippen LogP) is 1.97. The Morgan fingerprint density at radius 2 is 2.00 bits per heavy atom. The van der Waals surface area contributed by atoms with E-state index < -0.39 is 5.97 Å². The van der Waals surface area contributed by atoms with Crippen molar-refractivity contribution in [3.63, 3.8) is 0 Å². The van der Waals surface area contributed by atoms with E-state index in [2.05, 4.69) is 0 Å². The van der Waals surface area contributed by atoms with Crippen LogP contribution in [-0.4, -0.2) is 16.9 Å². The lowest BCUT2D eigenvalue weighted by Gasteiger charge is -2.02. The number of anilines is 1. The molecule has 4 nitrogen and oxygen atoms in total. The highest BCUT2D eigenvalue weighted by molar-refractivity contribution is 6.33. The Bertz CT molecular complexity index is 404. The molecule has 3 N–H and O–H groups in total. The highest BCUT2D eigenvalue weighted by Gasteiger charge is 2.09. The molecule has 0 atom stereocenters. The zero-order valence-corrected chi connectivity index (χ0v) is 8.62. The molecular formula is C10H10ClNO3. The van der Waals surface area contributed by atoms with Gasteiger partial charge in [0, 0.05) is 12.0 Å². The maximum Gasteiger partial charge on any atom is 0.303 e. The van der Waals surface area contributed by atoms with Crippen LogP contribution in [0.4, 0.5) is 5.69 Å². The second-order valence-corrected chi connectivity index (χ2v) is 3.46. The van der Waals surface area contributed by atoms with Crippen LogP contribution in [0.2, 0.25) is 5.02 Å². The highest BCUT2D eigenvalue weighted by Crippen LogP contribution is 2.20. The molecule has 0 spiro atoms. The van der Waals surface area contributed by atoms with E-state index in [1.807, 2.05) is 0 Å². The van der Waals surface area contributed by atoms with Crippen LogP contribution in [0.1, 0.15) is 23.2 Å². The van der Waals surface area contributed by atoms with Crippen molar-refractivity contribution in [2.45, 2.75) is 12.8 Å². The third-order valence-electron chi connectivity index (χ3n) is 1.88. The summed E-state index contributed by atoms with van der Waals surface area (Å²) in [6.07, 6.45) is -0.211. The number of rotatable bonds is 4. The lowest BCUT2D eigenvalue weighted by molar-refractivity contribution is -0.136. The van der Waals surface area contributed by atoms with Gasteiger partial charge < -0.3 is 10.8 Å². The summed E-state index contributed by atoms with van der Waals surface area (Å²) in [6, 6.07) is 4.50. The normalized spacial score (nSPS) is 9.93. The monoisotopic (exact) mass is 227 g/mol. The van der Waals surface area contributed by atoms with E-state index in [-0.39, 0.29) is 18.6 Å². The highest BCUT2D eigenvalue weighted by atomic mass is 35.5. The van der Waals surface area contributed by atoms with Crippen LogP contribution in [0.15, 0.2) is 18.2 Å². The molecule has 0 bridgehead atoms. The number of carboxylic acid groups (broad SMARTS) is 1. The van der Waals surface area contributed by atoms with Gasteiger partial charge in [0.15, 0.2) is 5.78 Å². The topological polar surface area (TPSA) is 80.4 Å². The fraction of sp³-hybridized carbons (Fsp3) is 0.200. The Kier molecular flexibility index (Phi) is 3.68. The van der Waals surface area contributed by atoms with Gasteiger partial charge in [-0.15, -0.1) is 0 Å². The van der Waals surface area contributed by atoms with Crippen molar-refractivity contribution in [3.05, 3.63) is 28.8 Å². The first-order chi connectivity index (χ1) is 7.00. The van der Waals surface area contributed by atoms with Gasteiger partial charge in [-0.2, -0.15) is 0 Å². The number of nitrogen functional groups attached to an aromatic ring is 1. The molecular weight excluding hydrogens is 218 g/mol. The molecule has 0 radical (unpaired) electrons. The first kappa shape index (κ1) is 11.5. The maximum atomic E-state index is 11.5. The van der Waals surface area contributed by atoms with E-state index in [1.54, 1.807) is 0 Å². The number of hydrogen-bond donors (Lipinski definition) is 2. The summed E-state index contributed by atoms with van der Waals surface area (Å²) in [5, 5.41) is 8.79. The lowest BCUT2D eigenvalue weighted by atomic mass is 10.1. The van der Waals surface area contributed by atoms with Gasteiger partial charge in [0.25, 0.3) is 0 Å². The van der Waals surface area contributed by atoms with Crippen LogP contribution in [0, 0.1) is 0 Å². The molecule has 1 aromatic carbocycles. The van der Waals surface area contributed by atoms with Gasteiger partial charge in [0.1, 0.15) is 0 Å². The summed E-state index contributed by atoms with van der Waals surface area (Å²) in [7, 11) is 0. The number of hydrogen-bond acceptors (Lipinski definition) is 3. The maximum absolute atomic E-state index is 11.5. The van der Waals surface area contributed by atoms with Crippen molar-refractivity contribution < 1.29 is 14.7 Å². The van der Waals surface area contributed by atoms with E-state index in [1.165, 1.54) is 18.2 Å². The summed E-state index contributed by atoms with van der Waals surface area (Å²) < 4.78 is 0. The van der Waals surface area contributed by atoms with Gasteiger partial charge in [-0.25, -0.2) is 0 Å². The molecule has 0 fully saturated rings. The zero-order chi connectivity index (χ0) is 11.4. The molecule has 0 aliphatic carbocycles. The molecule has 1 rings (SSSR count). The molecule has 1 aromatic rings. The summed E-state index contributed by atoms with van der Waals surface area (Å²) in [4.78, 5) is 21.7. The van der Waals surface area contributed by atoms with Crippen molar-refractivity contribution in [1.29, 1.82) is 0 Å². The molecule has 0 amide bonds. The van der Waals surface area contributed by atoms with Crippen LogP contribution in [-0.2, 0) is 4.79 Å². The van der Waals surface area contributed by atoms with E-state index in [0.717, 1.165) is 0 Å². The number of carboxylic acids is 1. The Morgan fingerprint density at radius 3 is 2.53 bits per heavy atom. The molecule has 0 unspecified atom stereocenters. The lowest BCUT2D eigenvalue weighted by Crippen LogP contribution is -2.04. The van der Waals surface area contributed by atoms with Crippen LogP contribution >= 0.6 is 11.6 Å². The number of benzene rings is 1. The number of Topliss-reactive ketones (excluding diaryl/α,β-unsaturated/α-hetero) is 1. The van der Waals surface area contributed by atoms with Crippen molar-refractivity contribution >= 4 is 29.0 Å². The van der Waals surface area contributed by atoms with Crippen LogP contribution in [0.25, 0.3) is 0 Å². The van der Waals surface area contributed by atoms with E-state index >= 15 is 0 Å². The molecule has 0 aromatic heterocycles. The number of carbonyl (C=O) groups is 2. The van der Waals surface area contributed by atoms with Crippen LogP contribution in [0.3, 0.4) is 0 Å². The first-order valence-corrected chi connectivity index (χ1v) is 4.68. The third-order valence-corrected chi connectivity index (χ3v) is 2.23. The smallest absolute Gasteiger partial charge is 0.303 e. The standard InChI is InChI=1S/C10H10ClNO3/c11-7-2-1-6(5-8(7)12)9(13)3-4-10(14)15/h1-2,5H,3-4,12H2,(H,14,15). The zero-order valence-electron chi connectivity index (χ0n) is 7.87. The molecule has 0 saturated heterocycles. The fourth-order valence-corrected chi connectivity index (χ4v) is 1.20. The summed E-state index contributed by atoms with van der Waals surface area (Å²) in [6.45, 7) is 0. The average molecular weight is 228 g/mol. The van der Waals surface area contributed by atoms with E-state index in [9.17, 15) is 9.59 Å². The largest absolute Gasteiger partial charge is 0.481 e. The van der Waals surface area contributed by atoms with Gasteiger partial charge in [-0.3, -0.25) is 9.59 Å². The molecule has 0 aliphatic heterocycles. The van der Waals surface area contributed by atoms with Crippen molar-refractivity contribution in [2.24, 2.45) is 0 Å².